The minimum absolute atomic E-state index is 0.154. The van der Waals surface area contributed by atoms with E-state index in [1.165, 1.54) is 0 Å². The van der Waals surface area contributed by atoms with Crippen LogP contribution in [0, 0.1) is 0 Å². The van der Waals surface area contributed by atoms with Crippen molar-refractivity contribution in [3.8, 4) is 0 Å². The highest BCUT2D eigenvalue weighted by Gasteiger charge is 2.17. The number of nitrogens with zero attached hydrogens (tertiary/aromatic N) is 4. The minimum atomic E-state index is 0.154. The fraction of sp³-hybridized carbons (Fsp3) is 0.300. The highest BCUT2D eigenvalue weighted by atomic mass is 35.5. The SMILES string of the molecule is Clc1nc(Cl)c2ncn(C3C=CCC3)c2n1. The van der Waals surface area contributed by atoms with Gasteiger partial charge in [0.1, 0.15) is 5.52 Å². The number of hydrogen-bond donors (Lipinski definition) is 0. The summed E-state index contributed by atoms with van der Waals surface area (Å²) in [6.45, 7) is 0. The molecule has 3 rings (SSSR count). The van der Waals surface area contributed by atoms with E-state index < -0.39 is 0 Å². The first-order valence-corrected chi connectivity index (χ1v) is 5.73. The second-order valence-corrected chi connectivity index (χ2v) is 4.38. The predicted molar refractivity (Wildman–Crippen MR) is 62.8 cm³/mol. The van der Waals surface area contributed by atoms with Crippen LogP contribution >= 0.6 is 23.2 Å². The second kappa shape index (κ2) is 3.71. The van der Waals surface area contributed by atoms with Crippen molar-refractivity contribution in [3.05, 3.63) is 28.9 Å². The van der Waals surface area contributed by atoms with Gasteiger partial charge in [-0.3, -0.25) is 0 Å². The van der Waals surface area contributed by atoms with Crippen LogP contribution in [0.5, 0.6) is 0 Å². The molecule has 0 aliphatic heterocycles. The maximum absolute atomic E-state index is 5.95. The van der Waals surface area contributed by atoms with Crippen molar-refractivity contribution in [3.63, 3.8) is 0 Å². The van der Waals surface area contributed by atoms with Gasteiger partial charge < -0.3 is 4.57 Å². The molecule has 2 aromatic heterocycles. The van der Waals surface area contributed by atoms with E-state index in [0.717, 1.165) is 12.8 Å². The molecule has 4 nitrogen and oxygen atoms in total. The van der Waals surface area contributed by atoms with Gasteiger partial charge >= 0.3 is 0 Å². The Balaban J connectivity index is 2.22. The second-order valence-electron chi connectivity index (χ2n) is 3.68. The molecule has 0 radical (unpaired) electrons. The Labute approximate surface area is 102 Å². The number of hydrogen-bond acceptors (Lipinski definition) is 3. The number of imidazole rings is 1. The van der Waals surface area contributed by atoms with Gasteiger partial charge in [-0.15, -0.1) is 0 Å². The molecule has 0 aromatic carbocycles. The lowest BCUT2D eigenvalue weighted by atomic mass is 10.2. The van der Waals surface area contributed by atoms with E-state index in [1.807, 2.05) is 4.57 Å². The van der Waals surface area contributed by atoms with Gasteiger partial charge in [0.25, 0.3) is 0 Å². The Hall–Kier alpha value is -1.13. The quantitative estimate of drug-likeness (QED) is 0.447. The molecule has 82 valence electrons. The van der Waals surface area contributed by atoms with Crippen molar-refractivity contribution in [2.75, 3.05) is 0 Å². The summed E-state index contributed by atoms with van der Waals surface area (Å²) in [5.41, 5.74) is 1.30. The summed E-state index contributed by atoms with van der Waals surface area (Å²) >= 11 is 11.7. The molecule has 6 heteroatoms. The molecule has 0 spiro atoms. The average molecular weight is 255 g/mol. The normalized spacial score (nSPS) is 19.8. The highest BCUT2D eigenvalue weighted by Crippen LogP contribution is 2.28. The summed E-state index contributed by atoms with van der Waals surface area (Å²) in [5, 5.41) is 0.456. The molecule has 0 fully saturated rings. The standard InChI is InChI=1S/C10H8Cl2N4/c11-8-7-9(15-10(12)14-8)16(5-13-7)6-3-1-2-4-6/h1,3,5-6H,2,4H2. The van der Waals surface area contributed by atoms with E-state index >= 15 is 0 Å². The van der Waals surface area contributed by atoms with Crippen molar-refractivity contribution in [2.45, 2.75) is 18.9 Å². The summed E-state index contributed by atoms with van der Waals surface area (Å²) in [5.74, 6) is 0. The topological polar surface area (TPSA) is 43.6 Å². The number of fused-ring (bicyclic) bond motifs is 1. The summed E-state index contributed by atoms with van der Waals surface area (Å²) in [6, 6.07) is 0.298. The number of rotatable bonds is 1. The van der Waals surface area contributed by atoms with Crippen LogP contribution < -0.4 is 0 Å². The Morgan fingerprint density at radius 1 is 1.31 bits per heavy atom. The van der Waals surface area contributed by atoms with Crippen molar-refractivity contribution in [2.24, 2.45) is 0 Å². The molecule has 2 aromatic rings. The molecular weight excluding hydrogens is 247 g/mol. The third kappa shape index (κ3) is 1.49. The zero-order valence-electron chi connectivity index (χ0n) is 8.27. The van der Waals surface area contributed by atoms with Crippen LogP contribution in [0.4, 0.5) is 0 Å². The highest BCUT2D eigenvalue weighted by molar-refractivity contribution is 6.35. The zero-order valence-corrected chi connectivity index (χ0v) is 9.78. The first kappa shape index (κ1) is 10.1. The molecule has 1 aliphatic carbocycles. The van der Waals surface area contributed by atoms with Crippen LogP contribution in [-0.4, -0.2) is 19.5 Å². The molecule has 1 aliphatic rings. The lowest BCUT2D eigenvalue weighted by Crippen LogP contribution is -2.03. The average Bonchev–Trinajstić information content (AvgIpc) is 2.83. The fourth-order valence-electron chi connectivity index (χ4n) is 1.95. The van der Waals surface area contributed by atoms with E-state index in [4.69, 9.17) is 23.2 Å². The minimum Gasteiger partial charge on any atom is -0.308 e. The maximum Gasteiger partial charge on any atom is 0.225 e. The predicted octanol–water partition coefficient (Wildman–Crippen LogP) is 3.02. The van der Waals surface area contributed by atoms with Crippen LogP contribution in [0.3, 0.4) is 0 Å². The molecule has 2 heterocycles. The van der Waals surface area contributed by atoms with Crippen molar-refractivity contribution >= 4 is 34.4 Å². The zero-order chi connectivity index (χ0) is 11.1. The molecular formula is C10H8Cl2N4. The molecule has 0 N–H and O–H groups in total. The van der Waals surface area contributed by atoms with Gasteiger partial charge in [-0.1, -0.05) is 23.8 Å². The van der Waals surface area contributed by atoms with Crippen LogP contribution in [0.15, 0.2) is 18.5 Å². The number of allylic oxidation sites excluding steroid dienone is 2. The molecule has 0 bridgehead atoms. The Morgan fingerprint density at radius 2 is 2.19 bits per heavy atom. The van der Waals surface area contributed by atoms with Crippen molar-refractivity contribution < 1.29 is 0 Å². The first-order chi connectivity index (χ1) is 7.75. The molecule has 1 unspecified atom stereocenters. The van der Waals surface area contributed by atoms with Crippen molar-refractivity contribution in [1.29, 1.82) is 0 Å². The van der Waals surface area contributed by atoms with E-state index in [9.17, 15) is 0 Å². The fourth-order valence-corrected chi connectivity index (χ4v) is 2.37. The third-order valence-corrected chi connectivity index (χ3v) is 3.13. The third-order valence-electron chi connectivity index (χ3n) is 2.70. The van der Waals surface area contributed by atoms with Gasteiger partial charge in [-0.2, -0.15) is 4.98 Å². The van der Waals surface area contributed by atoms with Gasteiger partial charge in [0.05, 0.1) is 12.4 Å². The Kier molecular flexibility index (Phi) is 2.33. The number of aromatic nitrogens is 4. The largest absolute Gasteiger partial charge is 0.308 e. The van der Waals surface area contributed by atoms with E-state index in [1.54, 1.807) is 6.33 Å². The van der Waals surface area contributed by atoms with Crippen molar-refractivity contribution in [1.82, 2.24) is 19.5 Å². The monoisotopic (exact) mass is 254 g/mol. The summed E-state index contributed by atoms with van der Waals surface area (Å²) in [7, 11) is 0. The van der Waals surface area contributed by atoms with E-state index in [-0.39, 0.29) is 5.28 Å². The summed E-state index contributed by atoms with van der Waals surface area (Å²) in [6.07, 6.45) is 8.18. The van der Waals surface area contributed by atoms with Crippen LogP contribution in [0.1, 0.15) is 18.9 Å². The van der Waals surface area contributed by atoms with Crippen LogP contribution in [0.2, 0.25) is 10.4 Å². The summed E-state index contributed by atoms with van der Waals surface area (Å²) < 4.78 is 1.98. The van der Waals surface area contributed by atoms with Crippen LogP contribution in [0.25, 0.3) is 11.2 Å². The van der Waals surface area contributed by atoms with E-state index in [2.05, 4.69) is 27.1 Å². The van der Waals surface area contributed by atoms with Gasteiger partial charge in [-0.25, -0.2) is 9.97 Å². The van der Waals surface area contributed by atoms with Crippen LogP contribution in [-0.2, 0) is 0 Å². The van der Waals surface area contributed by atoms with Gasteiger partial charge in [0.15, 0.2) is 10.8 Å². The number of halogens is 2. The molecule has 0 amide bonds. The van der Waals surface area contributed by atoms with E-state index in [0.29, 0.717) is 22.4 Å². The lowest BCUT2D eigenvalue weighted by molar-refractivity contribution is 0.601. The first-order valence-electron chi connectivity index (χ1n) is 4.98. The molecule has 16 heavy (non-hydrogen) atoms. The van der Waals surface area contributed by atoms with Gasteiger partial charge in [0.2, 0.25) is 5.28 Å². The lowest BCUT2D eigenvalue weighted by Gasteiger charge is -2.09. The molecule has 0 saturated carbocycles. The smallest absolute Gasteiger partial charge is 0.225 e. The molecule has 0 saturated heterocycles. The maximum atomic E-state index is 5.95. The van der Waals surface area contributed by atoms with Gasteiger partial charge in [-0.05, 0) is 24.4 Å². The Bertz CT molecular complexity index is 575. The Morgan fingerprint density at radius 3 is 2.94 bits per heavy atom. The molecule has 1 atom stereocenters. The van der Waals surface area contributed by atoms with Gasteiger partial charge in [0, 0.05) is 0 Å². The summed E-state index contributed by atoms with van der Waals surface area (Å²) in [4.78, 5) is 12.3.